The van der Waals surface area contributed by atoms with Crippen LogP contribution in [0.2, 0.25) is 0 Å². The predicted molar refractivity (Wildman–Crippen MR) is 74.3 cm³/mol. The smallest absolute Gasteiger partial charge is 0.0616 e. The third-order valence-corrected chi connectivity index (χ3v) is 4.27. The van der Waals surface area contributed by atoms with Crippen molar-refractivity contribution < 1.29 is 4.74 Å². The summed E-state index contributed by atoms with van der Waals surface area (Å²) in [6.45, 7) is 12.4. The first-order valence-electron chi connectivity index (χ1n) is 7.47. The number of ether oxygens (including phenoxy) is 1. The molecule has 1 heterocycles. The Morgan fingerprint density at radius 1 is 1.35 bits per heavy atom. The van der Waals surface area contributed by atoms with Gasteiger partial charge in [-0.15, -0.1) is 0 Å². The molecule has 0 aromatic heterocycles. The van der Waals surface area contributed by atoms with Crippen LogP contribution in [0.25, 0.3) is 0 Å². The van der Waals surface area contributed by atoms with E-state index in [1.807, 2.05) is 0 Å². The predicted octanol–water partition coefficient (Wildman–Crippen LogP) is 3.61. The molecule has 1 rings (SSSR count). The van der Waals surface area contributed by atoms with Crippen LogP contribution >= 0.6 is 0 Å². The van der Waals surface area contributed by atoms with E-state index in [9.17, 15) is 0 Å². The standard InChI is InChI=1S/C15H31NO/c1-5-7-13(3)11-15(12-16-9-6-2)8-10-17-14(15)4/h13-14,16H,5-12H2,1-4H3. The Morgan fingerprint density at radius 3 is 2.65 bits per heavy atom. The second kappa shape index (κ2) is 7.38. The summed E-state index contributed by atoms with van der Waals surface area (Å²) in [6.07, 6.45) is 6.84. The highest BCUT2D eigenvalue weighted by Crippen LogP contribution is 2.41. The van der Waals surface area contributed by atoms with Crippen LogP contribution in [0.3, 0.4) is 0 Å². The Bertz CT molecular complexity index is 207. The second-order valence-corrected chi connectivity index (χ2v) is 5.90. The summed E-state index contributed by atoms with van der Waals surface area (Å²) in [5.74, 6) is 0.826. The highest BCUT2D eigenvalue weighted by molar-refractivity contribution is 4.92. The fraction of sp³-hybridized carbons (Fsp3) is 1.00. The van der Waals surface area contributed by atoms with Gasteiger partial charge in [-0.2, -0.15) is 0 Å². The Kier molecular flexibility index (Phi) is 6.50. The normalized spacial score (nSPS) is 30.7. The van der Waals surface area contributed by atoms with Crippen molar-refractivity contribution in [2.45, 2.75) is 65.9 Å². The molecule has 0 bridgehead atoms. The third-order valence-electron chi connectivity index (χ3n) is 4.27. The molecule has 1 N–H and O–H groups in total. The van der Waals surface area contributed by atoms with E-state index in [-0.39, 0.29) is 0 Å². The highest BCUT2D eigenvalue weighted by Gasteiger charge is 2.41. The summed E-state index contributed by atoms with van der Waals surface area (Å²) in [5.41, 5.74) is 0.393. The van der Waals surface area contributed by atoms with Crippen molar-refractivity contribution in [3.05, 3.63) is 0 Å². The average molecular weight is 241 g/mol. The van der Waals surface area contributed by atoms with E-state index in [0.717, 1.165) is 25.6 Å². The molecule has 3 unspecified atom stereocenters. The van der Waals surface area contributed by atoms with E-state index in [1.54, 1.807) is 0 Å². The summed E-state index contributed by atoms with van der Waals surface area (Å²) in [6, 6.07) is 0. The molecular weight excluding hydrogens is 210 g/mol. The van der Waals surface area contributed by atoms with Crippen LogP contribution in [0.15, 0.2) is 0 Å². The summed E-state index contributed by atoms with van der Waals surface area (Å²) in [4.78, 5) is 0. The number of nitrogens with one attached hydrogen (secondary N) is 1. The minimum Gasteiger partial charge on any atom is -0.378 e. The molecule has 0 aromatic carbocycles. The fourth-order valence-corrected chi connectivity index (χ4v) is 3.19. The molecule has 102 valence electrons. The first-order valence-corrected chi connectivity index (χ1v) is 7.47. The lowest BCUT2D eigenvalue weighted by Crippen LogP contribution is -2.41. The number of hydrogen-bond donors (Lipinski definition) is 1. The molecule has 3 atom stereocenters. The van der Waals surface area contributed by atoms with Crippen LogP contribution in [0.5, 0.6) is 0 Å². The molecule has 0 aliphatic carbocycles. The van der Waals surface area contributed by atoms with Crippen LogP contribution in [0.4, 0.5) is 0 Å². The van der Waals surface area contributed by atoms with Crippen LogP contribution in [0, 0.1) is 11.3 Å². The maximum Gasteiger partial charge on any atom is 0.0616 e. The molecule has 1 aliphatic heterocycles. The van der Waals surface area contributed by atoms with Gasteiger partial charge in [-0.05, 0) is 38.6 Å². The van der Waals surface area contributed by atoms with E-state index in [2.05, 4.69) is 33.0 Å². The second-order valence-electron chi connectivity index (χ2n) is 5.90. The Hall–Kier alpha value is -0.0800. The summed E-state index contributed by atoms with van der Waals surface area (Å²) < 4.78 is 5.84. The van der Waals surface area contributed by atoms with Crippen LogP contribution in [0.1, 0.15) is 59.8 Å². The van der Waals surface area contributed by atoms with E-state index in [0.29, 0.717) is 11.5 Å². The van der Waals surface area contributed by atoms with Crippen molar-refractivity contribution in [3.8, 4) is 0 Å². The maximum atomic E-state index is 5.84. The summed E-state index contributed by atoms with van der Waals surface area (Å²) in [5, 5.41) is 3.62. The quantitative estimate of drug-likeness (QED) is 0.656. The van der Waals surface area contributed by atoms with Crippen molar-refractivity contribution in [1.82, 2.24) is 5.32 Å². The molecular formula is C15H31NO. The van der Waals surface area contributed by atoms with Crippen LogP contribution in [-0.2, 0) is 4.74 Å². The van der Waals surface area contributed by atoms with E-state index in [1.165, 1.54) is 32.1 Å². The van der Waals surface area contributed by atoms with Crippen LogP contribution < -0.4 is 5.32 Å². The van der Waals surface area contributed by atoms with Gasteiger partial charge < -0.3 is 10.1 Å². The lowest BCUT2D eigenvalue weighted by atomic mass is 9.73. The SMILES string of the molecule is CCCNCC1(CC(C)CCC)CCOC1C. The van der Waals surface area contributed by atoms with Crippen molar-refractivity contribution in [2.75, 3.05) is 19.7 Å². The van der Waals surface area contributed by atoms with Crippen LogP contribution in [-0.4, -0.2) is 25.8 Å². The lowest BCUT2D eigenvalue weighted by Gasteiger charge is -2.35. The van der Waals surface area contributed by atoms with Gasteiger partial charge in [0.1, 0.15) is 0 Å². The van der Waals surface area contributed by atoms with Gasteiger partial charge in [0, 0.05) is 18.6 Å². The molecule has 17 heavy (non-hydrogen) atoms. The zero-order valence-corrected chi connectivity index (χ0v) is 12.2. The zero-order valence-electron chi connectivity index (χ0n) is 12.2. The van der Waals surface area contributed by atoms with Gasteiger partial charge in [-0.3, -0.25) is 0 Å². The molecule has 0 radical (unpaired) electrons. The molecule has 0 amide bonds. The molecule has 2 nitrogen and oxygen atoms in total. The third kappa shape index (κ3) is 4.26. The van der Waals surface area contributed by atoms with Crippen molar-refractivity contribution in [3.63, 3.8) is 0 Å². The minimum absolute atomic E-state index is 0.393. The lowest BCUT2D eigenvalue weighted by molar-refractivity contribution is 0.0497. The first-order chi connectivity index (χ1) is 8.14. The van der Waals surface area contributed by atoms with Gasteiger partial charge in [0.05, 0.1) is 6.10 Å². The Labute approximate surface area is 108 Å². The van der Waals surface area contributed by atoms with Gasteiger partial charge >= 0.3 is 0 Å². The molecule has 1 aliphatic rings. The molecule has 1 fully saturated rings. The Balaban J connectivity index is 2.52. The van der Waals surface area contributed by atoms with E-state index >= 15 is 0 Å². The van der Waals surface area contributed by atoms with Gasteiger partial charge in [-0.1, -0.05) is 33.6 Å². The van der Waals surface area contributed by atoms with Gasteiger partial charge in [0.15, 0.2) is 0 Å². The van der Waals surface area contributed by atoms with Gasteiger partial charge in [0.25, 0.3) is 0 Å². The molecule has 1 saturated heterocycles. The number of hydrogen-bond acceptors (Lipinski definition) is 2. The maximum absolute atomic E-state index is 5.84. The molecule has 2 heteroatoms. The van der Waals surface area contributed by atoms with E-state index < -0.39 is 0 Å². The summed E-state index contributed by atoms with van der Waals surface area (Å²) in [7, 11) is 0. The highest BCUT2D eigenvalue weighted by atomic mass is 16.5. The molecule has 0 aromatic rings. The van der Waals surface area contributed by atoms with E-state index in [4.69, 9.17) is 4.74 Å². The molecule has 0 spiro atoms. The number of rotatable bonds is 8. The monoisotopic (exact) mass is 241 g/mol. The van der Waals surface area contributed by atoms with Crippen molar-refractivity contribution in [2.24, 2.45) is 11.3 Å². The largest absolute Gasteiger partial charge is 0.378 e. The van der Waals surface area contributed by atoms with Crippen molar-refractivity contribution in [1.29, 1.82) is 0 Å². The fourth-order valence-electron chi connectivity index (χ4n) is 3.19. The summed E-state index contributed by atoms with van der Waals surface area (Å²) >= 11 is 0. The van der Waals surface area contributed by atoms with Gasteiger partial charge in [0.2, 0.25) is 0 Å². The first kappa shape index (κ1) is 15.0. The van der Waals surface area contributed by atoms with Crippen molar-refractivity contribution >= 4 is 0 Å². The topological polar surface area (TPSA) is 21.3 Å². The van der Waals surface area contributed by atoms with Gasteiger partial charge in [-0.25, -0.2) is 0 Å². The Morgan fingerprint density at radius 2 is 2.12 bits per heavy atom. The molecule has 0 saturated carbocycles. The average Bonchev–Trinajstić information content (AvgIpc) is 2.61. The minimum atomic E-state index is 0.393. The zero-order chi connectivity index (χ0) is 12.7.